The first-order valence-corrected chi connectivity index (χ1v) is 7.27. The molecular formula is C13H16Br2O. The van der Waals surface area contributed by atoms with E-state index < -0.39 is 0 Å². The predicted octanol–water partition coefficient (Wildman–Crippen LogP) is 4.50. The van der Waals surface area contributed by atoms with Crippen LogP contribution in [0.1, 0.15) is 30.7 Å². The average Bonchev–Trinajstić information content (AvgIpc) is 2.36. The number of hydrogen-bond acceptors (Lipinski definition) is 1. The Morgan fingerprint density at radius 3 is 2.31 bits per heavy atom. The molecule has 3 heteroatoms. The fourth-order valence-electron chi connectivity index (χ4n) is 1.42. The number of halogens is 2. The summed E-state index contributed by atoms with van der Waals surface area (Å²) in [7, 11) is 0. The van der Waals surface area contributed by atoms with Gasteiger partial charge in [0.15, 0.2) is 5.78 Å². The molecule has 0 amide bonds. The van der Waals surface area contributed by atoms with Crippen LogP contribution in [0.3, 0.4) is 0 Å². The summed E-state index contributed by atoms with van der Waals surface area (Å²) in [6.45, 7) is 4.01. The Labute approximate surface area is 114 Å². The summed E-state index contributed by atoms with van der Waals surface area (Å²) in [5.74, 6) is 0.362. The first-order chi connectivity index (χ1) is 7.57. The molecule has 1 aromatic rings. The van der Waals surface area contributed by atoms with Crippen LogP contribution in [0, 0.1) is 5.92 Å². The number of carbonyl (C=O) groups excluding carboxylic acids is 1. The molecule has 0 N–H and O–H groups in total. The standard InChI is InChI=1S/C13H16Br2O/c1-3-9(2)13(16)12(15)11(14)10-7-5-4-6-8-10/h4-9,11-12H,3H2,1-2H3/t9-,11+,12+/m0/s1. The molecule has 0 aliphatic heterocycles. The van der Waals surface area contributed by atoms with E-state index in [9.17, 15) is 4.79 Å². The highest BCUT2D eigenvalue weighted by Crippen LogP contribution is 2.33. The van der Waals surface area contributed by atoms with E-state index in [-0.39, 0.29) is 21.4 Å². The molecule has 3 atom stereocenters. The van der Waals surface area contributed by atoms with Crippen LogP contribution in [0.5, 0.6) is 0 Å². The van der Waals surface area contributed by atoms with Crippen LogP contribution in [0.2, 0.25) is 0 Å². The molecule has 1 rings (SSSR count). The van der Waals surface area contributed by atoms with Crippen LogP contribution < -0.4 is 0 Å². The van der Waals surface area contributed by atoms with E-state index in [0.717, 1.165) is 12.0 Å². The van der Waals surface area contributed by atoms with Crippen molar-refractivity contribution in [2.45, 2.75) is 29.9 Å². The number of hydrogen-bond donors (Lipinski definition) is 0. The second kappa shape index (κ2) is 6.55. The van der Waals surface area contributed by atoms with E-state index in [1.807, 2.05) is 44.2 Å². The van der Waals surface area contributed by atoms with Crippen LogP contribution >= 0.6 is 31.9 Å². The molecule has 1 nitrogen and oxygen atoms in total. The highest BCUT2D eigenvalue weighted by Gasteiger charge is 2.27. The number of carbonyl (C=O) groups is 1. The molecule has 0 radical (unpaired) electrons. The third kappa shape index (κ3) is 3.42. The van der Waals surface area contributed by atoms with Gasteiger partial charge in [-0.3, -0.25) is 4.79 Å². The van der Waals surface area contributed by atoms with Crippen LogP contribution in [0.15, 0.2) is 30.3 Å². The first kappa shape index (κ1) is 13.9. The molecular weight excluding hydrogens is 332 g/mol. The van der Waals surface area contributed by atoms with Crippen molar-refractivity contribution in [1.82, 2.24) is 0 Å². The van der Waals surface area contributed by atoms with Crippen molar-refractivity contribution in [3.8, 4) is 0 Å². The summed E-state index contributed by atoms with van der Waals surface area (Å²) in [5.41, 5.74) is 1.13. The fourth-order valence-corrected chi connectivity index (χ4v) is 2.75. The number of rotatable bonds is 5. The van der Waals surface area contributed by atoms with Crippen molar-refractivity contribution in [3.05, 3.63) is 35.9 Å². The Kier molecular flexibility index (Phi) is 5.70. The summed E-state index contributed by atoms with van der Waals surface area (Å²) >= 11 is 7.07. The normalized spacial score (nSPS) is 16.5. The molecule has 0 unspecified atom stereocenters. The van der Waals surface area contributed by atoms with Gasteiger partial charge in [0, 0.05) is 5.92 Å². The number of Topliss-reactive ketones (excluding diaryl/α,β-unsaturated/α-hetero) is 1. The van der Waals surface area contributed by atoms with Gasteiger partial charge in [-0.05, 0) is 12.0 Å². The minimum atomic E-state index is -0.162. The summed E-state index contributed by atoms with van der Waals surface area (Å²) in [6.07, 6.45) is 0.884. The molecule has 0 saturated carbocycles. The molecule has 0 aromatic heterocycles. The lowest BCUT2D eigenvalue weighted by atomic mass is 9.97. The van der Waals surface area contributed by atoms with Crippen molar-refractivity contribution >= 4 is 37.6 Å². The molecule has 0 spiro atoms. The van der Waals surface area contributed by atoms with Crippen LogP contribution in [-0.4, -0.2) is 10.6 Å². The average molecular weight is 348 g/mol. The topological polar surface area (TPSA) is 17.1 Å². The molecule has 0 saturated heterocycles. The maximum absolute atomic E-state index is 12.0. The lowest BCUT2D eigenvalue weighted by molar-refractivity contribution is -0.121. The zero-order valence-corrected chi connectivity index (χ0v) is 12.7. The van der Waals surface area contributed by atoms with Gasteiger partial charge < -0.3 is 0 Å². The van der Waals surface area contributed by atoms with Crippen molar-refractivity contribution < 1.29 is 4.79 Å². The highest BCUT2D eigenvalue weighted by molar-refractivity contribution is 9.12. The largest absolute Gasteiger partial charge is 0.298 e. The van der Waals surface area contributed by atoms with Gasteiger partial charge in [0.25, 0.3) is 0 Å². The zero-order valence-electron chi connectivity index (χ0n) is 9.49. The maximum atomic E-state index is 12.0. The Balaban J connectivity index is 2.75. The van der Waals surface area contributed by atoms with Crippen LogP contribution in [0.25, 0.3) is 0 Å². The zero-order chi connectivity index (χ0) is 12.1. The van der Waals surface area contributed by atoms with E-state index in [1.165, 1.54) is 0 Å². The van der Waals surface area contributed by atoms with E-state index in [2.05, 4.69) is 31.9 Å². The van der Waals surface area contributed by atoms with Gasteiger partial charge in [0.1, 0.15) is 0 Å². The van der Waals surface area contributed by atoms with Crippen LogP contribution in [-0.2, 0) is 4.79 Å². The number of alkyl halides is 2. The van der Waals surface area contributed by atoms with Gasteiger partial charge in [-0.15, -0.1) is 0 Å². The maximum Gasteiger partial charge on any atom is 0.150 e. The summed E-state index contributed by atoms with van der Waals surface area (Å²) in [5, 5.41) is 0. The molecule has 0 fully saturated rings. The predicted molar refractivity (Wildman–Crippen MR) is 75.3 cm³/mol. The van der Waals surface area contributed by atoms with Gasteiger partial charge in [0.2, 0.25) is 0 Å². The molecule has 0 bridgehead atoms. The van der Waals surface area contributed by atoms with Crippen molar-refractivity contribution in [2.24, 2.45) is 5.92 Å². The lowest BCUT2D eigenvalue weighted by Crippen LogP contribution is -2.24. The summed E-state index contributed by atoms with van der Waals surface area (Å²) < 4.78 is 0. The van der Waals surface area contributed by atoms with E-state index in [1.54, 1.807) is 0 Å². The first-order valence-electron chi connectivity index (χ1n) is 5.44. The Morgan fingerprint density at radius 2 is 1.81 bits per heavy atom. The minimum Gasteiger partial charge on any atom is -0.298 e. The van der Waals surface area contributed by atoms with Gasteiger partial charge in [-0.2, -0.15) is 0 Å². The van der Waals surface area contributed by atoms with Gasteiger partial charge in [-0.1, -0.05) is 76.0 Å². The van der Waals surface area contributed by atoms with Crippen molar-refractivity contribution in [3.63, 3.8) is 0 Å². The second-order valence-corrected chi connectivity index (χ2v) is 5.90. The summed E-state index contributed by atoms with van der Waals surface area (Å²) in [4.78, 5) is 11.9. The van der Waals surface area contributed by atoms with Gasteiger partial charge >= 0.3 is 0 Å². The molecule has 88 valence electrons. The molecule has 0 heterocycles. The fraction of sp³-hybridized carbons (Fsp3) is 0.462. The smallest absolute Gasteiger partial charge is 0.150 e. The molecule has 0 aliphatic rings. The van der Waals surface area contributed by atoms with Crippen molar-refractivity contribution in [1.29, 1.82) is 0 Å². The number of benzene rings is 1. The van der Waals surface area contributed by atoms with Gasteiger partial charge in [0.05, 0.1) is 9.65 Å². The Bertz CT molecular complexity index is 337. The van der Waals surface area contributed by atoms with E-state index in [0.29, 0.717) is 0 Å². The second-order valence-electron chi connectivity index (χ2n) is 3.93. The highest BCUT2D eigenvalue weighted by atomic mass is 79.9. The van der Waals surface area contributed by atoms with Crippen LogP contribution in [0.4, 0.5) is 0 Å². The Morgan fingerprint density at radius 1 is 1.25 bits per heavy atom. The minimum absolute atomic E-state index is 0.0372. The monoisotopic (exact) mass is 346 g/mol. The summed E-state index contributed by atoms with van der Waals surface area (Å²) in [6, 6.07) is 9.99. The van der Waals surface area contributed by atoms with Gasteiger partial charge in [-0.25, -0.2) is 0 Å². The molecule has 0 aliphatic carbocycles. The number of ketones is 1. The van der Waals surface area contributed by atoms with E-state index >= 15 is 0 Å². The lowest BCUT2D eigenvalue weighted by Gasteiger charge is -2.19. The third-order valence-corrected chi connectivity index (χ3v) is 5.49. The molecule has 1 aromatic carbocycles. The Hall–Kier alpha value is -0.150. The molecule has 16 heavy (non-hydrogen) atoms. The third-order valence-electron chi connectivity index (χ3n) is 2.74. The quantitative estimate of drug-likeness (QED) is 0.716. The SMILES string of the molecule is CC[C@H](C)C(=O)[C@H](Br)[C@H](Br)c1ccccc1. The van der Waals surface area contributed by atoms with Crippen molar-refractivity contribution in [2.75, 3.05) is 0 Å². The van der Waals surface area contributed by atoms with E-state index in [4.69, 9.17) is 0 Å².